The Morgan fingerprint density at radius 3 is 2.95 bits per heavy atom. The van der Waals surface area contributed by atoms with E-state index in [2.05, 4.69) is 5.32 Å². The van der Waals surface area contributed by atoms with E-state index in [4.69, 9.17) is 9.47 Å². The van der Waals surface area contributed by atoms with Crippen molar-refractivity contribution in [2.75, 3.05) is 26.3 Å². The number of hydrogen-bond donors (Lipinski definition) is 1. The van der Waals surface area contributed by atoms with E-state index in [-0.39, 0.29) is 22.3 Å². The molecule has 1 atom stereocenters. The lowest BCUT2D eigenvalue weighted by Crippen LogP contribution is -2.51. The maximum absolute atomic E-state index is 10.9. The van der Waals surface area contributed by atoms with Crippen molar-refractivity contribution in [1.29, 1.82) is 0 Å². The summed E-state index contributed by atoms with van der Waals surface area (Å²) in [7, 11) is 0. The molecule has 1 aromatic carbocycles. The molecule has 1 aromatic rings. The summed E-state index contributed by atoms with van der Waals surface area (Å²) < 4.78 is 11.5. The lowest BCUT2D eigenvalue weighted by atomic mass is 10.1. The Morgan fingerprint density at radius 1 is 1.48 bits per heavy atom. The first-order valence-electron chi connectivity index (χ1n) is 7.16. The number of ether oxygens (including phenoxy) is 2. The molecule has 0 bridgehead atoms. The molecule has 0 amide bonds. The summed E-state index contributed by atoms with van der Waals surface area (Å²) in [6.45, 7) is 6.63. The summed E-state index contributed by atoms with van der Waals surface area (Å²) in [5.74, 6) is 0. The van der Waals surface area contributed by atoms with E-state index < -0.39 is 0 Å². The lowest BCUT2D eigenvalue weighted by molar-refractivity contribution is -0.385. The minimum atomic E-state index is -0.355. The van der Waals surface area contributed by atoms with E-state index in [1.165, 1.54) is 6.07 Å². The minimum Gasteiger partial charge on any atom is -0.378 e. The fourth-order valence-electron chi connectivity index (χ4n) is 2.46. The Labute approximate surface area is 124 Å². The van der Waals surface area contributed by atoms with Gasteiger partial charge in [0.25, 0.3) is 5.69 Å². The zero-order valence-corrected chi connectivity index (χ0v) is 12.5. The lowest BCUT2D eigenvalue weighted by Gasteiger charge is -2.36. The summed E-state index contributed by atoms with van der Waals surface area (Å²) >= 11 is 0. The molecule has 1 heterocycles. The van der Waals surface area contributed by atoms with Crippen LogP contribution in [-0.4, -0.2) is 42.9 Å². The van der Waals surface area contributed by atoms with Gasteiger partial charge in [-0.2, -0.15) is 0 Å². The minimum absolute atomic E-state index is 0.0273. The molecular formula is C15H22N2O4. The molecule has 1 unspecified atom stereocenters. The first-order valence-corrected chi connectivity index (χ1v) is 7.16. The Hall–Kier alpha value is -1.50. The zero-order chi connectivity index (χ0) is 15.3. The van der Waals surface area contributed by atoms with Gasteiger partial charge in [-0.05, 0) is 13.8 Å². The van der Waals surface area contributed by atoms with Crippen molar-refractivity contribution in [2.45, 2.75) is 32.0 Å². The summed E-state index contributed by atoms with van der Waals surface area (Å²) in [6.07, 6.45) is 0.556. The van der Waals surface area contributed by atoms with Crippen LogP contribution in [0.5, 0.6) is 0 Å². The topological polar surface area (TPSA) is 73.6 Å². The van der Waals surface area contributed by atoms with Gasteiger partial charge in [-0.25, -0.2) is 0 Å². The molecule has 1 fully saturated rings. The van der Waals surface area contributed by atoms with E-state index in [1.54, 1.807) is 18.2 Å². The van der Waals surface area contributed by atoms with Crippen molar-refractivity contribution in [1.82, 2.24) is 5.32 Å². The predicted octanol–water partition coefficient (Wildman–Crippen LogP) is 1.92. The molecule has 6 heteroatoms. The number of nitro groups is 1. The van der Waals surface area contributed by atoms with Crippen LogP contribution in [0, 0.1) is 10.1 Å². The maximum Gasteiger partial charge on any atom is 0.272 e. The summed E-state index contributed by atoms with van der Waals surface area (Å²) in [6, 6.07) is 6.76. The van der Waals surface area contributed by atoms with Gasteiger partial charge >= 0.3 is 0 Å². The molecule has 0 aliphatic carbocycles. The molecule has 2 rings (SSSR count). The van der Waals surface area contributed by atoms with Gasteiger partial charge in [0.1, 0.15) is 0 Å². The standard InChI is InChI=1S/C15H22N2O4/c1-15(2)11-16-9-13(21-15)10-20-8-7-12-5-3-4-6-14(12)17(18)19/h3-6,13,16H,7-11H2,1-2H3. The Morgan fingerprint density at radius 2 is 2.24 bits per heavy atom. The van der Waals surface area contributed by atoms with Gasteiger partial charge in [-0.1, -0.05) is 18.2 Å². The smallest absolute Gasteiger partial charge is 0.272 e. The molecule has 116 valence electrons. The highest BCUT2D eigenvalue weighted by Crippen LogP contribution is 2.18. The number of hydrogen-bond acceptors (Lipinski definition) is 5. The van der Waals surface area contributed by atoms with Crippen LogP contribution in [-0.2, 0) is 15.9 Å². The Kier molecular flexibility index (Phi) is 5.27. The van der Waals surface area contributed by atoms with Crippen LogP contribution in [0.15, 0.2) is 24.3 Å². The number of nitrogens with zero attached hydrogens (tertiary/aromatic N) is 1. The SMILES string of the molecule is CC1(C)CNCC(COCCc2ccccc2[N+](=O)[O-])O1. The molecule has 0 spiro atoms. The highest BCUT2D eigenvalue weighted by Gasteiger charge is 2.28. The number of benzene rings is 1. The normalized spacial score (nSPS) is 21.1. The average molecular weight is 294 g/mol. The third-order valence-corrected chi connectivity index (χ3v) is 3.42. The van der Waals surface area contributed by atoms with Crippen LogP contribution in [0.3, 0.4) is 0 Å². The number of nitro benzene ring substituents is 1. The van der Waals surface area contributed by atoms with E-state index in [9.17, 15) is 10.1 Å². The highest BCUT2D eigenvalue weighted by atomic mass is 16.6. The molecule has 0 radical (unpaired) electrons. The fraction of sp³-hybridized carbons (Fsp3) is 0.600. The Balaban J connectivity index is 1.76. The fourth-order valence-corrected chi connectivity index (χ4v) is 2.46. The van der Waals surface area contributed by atoms with Gasteiger partial charge in [0.2, 0.25) is 0 Å². The number of morpholine rings is 1. The van der Waals surface area contributed by atoms with Crippen LogP contribution in [0.2, 0.25) is 0 Å². The quantitative estimate of drug-likeness (QED) is 0.493. The van der Waals surface area contributed by atoms with E-state index in [0.29, 0.717) is 25.2 Å². The van der Waals surface area contributed by atoms with Crippen LogP contribution >= 0.6 is 0 Å². The molecule has 0 aromatic heterocycles. The van der Waals surface area contributed by atoms with Gasteiger partial charge in [0.05, 0.1) is 29.8 Å². The second kappa shape index (κ2) is 6.98. The third kappa shape index (κ3) is 4.77. The van der Waals surface area contributed by atoms with E-state index >= 15 is 0 Å². The van der Waals surface area contributed by atoms with Crippen molar-refractivity contribution in [2.24, 2.45) is 0 Å². The van der Waals surface area contributed by atoms with Crippen molar-refractivity contribution in [3.8, 4) is 0 Å². The van der Waals surface area contributed by atoms with Gasteiger partial charge in [0, 0.05) is 31.1 Å². The van der Waals surface area contributed by atoms with Crippen molar-refractivity contribution in [3.05, 3.63) is 39.9 Å². The van der Waals surface area contributed by atoms with Crippen molar-refractivity contribution < 1.29 is 14.4 Å². The largest absolute Gasteiger partial charge is 0.378 e. The Bertz CT molecular complexity index is 490. The number of nitrogens with one attached hydrogen (secondary N) is 1. The van der Waals surface area contributed by atoms with E-state index in [0.717, 1.165) is 13.1 Å². The number of para-hydroxylation sites is 1. The summed E-state index contributed by atoms with van der Waals surface area (Å²) in [4.78, 5) is 10.6. The van der Waals surface area contributed by atoms with Gasteiger partial charge in [-0.3, -0.25) is 10.1 Å². The monoisotopic (exact) mass is 294 g/mol. The molecule has 6 nitrogen and oxygen atoms in total. The molecule has 1 saturated heterocycles. The predicted molar refractivity (Wildman–Crippen MR) is 79.4 cm³/mol. The first kappa shape index (κ1) is 15.9. The first-order chi connectivity index (χ1) is 9.98. The number of rotatable bonds is 6. The maximum atomic E-state index is 10.9. The average Bonchev–Trinajstić information content (AvgIpc) is 2.43. The summed E-state index contributed by atoms with van der Waals surface area (Å²) in [5.41, 5.74) is 0.674. The third-order valence-electron chi connectivity index (χ3n) is 3.42. The van der Waals surface area contributed by atoms with Crippen molar-refractivity contribution >= 4 is 5.69 Å². The highest BCUT2D eigenvalue weighted by molar-refractivity contribution is 5.39. The second-order valence-corrected chi connectivity index (χ2v) is 5.84. The molecule has 0 saturated carbocycles. The van der Waals surface area contributed by atoms with Gasteiger partial charge in [0.15, 0.2) is 0 Å². The molecule has 21 heavy (non-hydrogen) atoms. The van der Waals surface area contributed by atoms with Crippen molar-refractivity contribution in [3.63, 3.8) is 0 Å². The van der Waals surface area contributed by atoms with Gasteiger partial charge in [-0.15, -0.1) is 0 Å². The van der Waals surface area contributed by atoms with Crippen LogP contribution in [0.25, 0.3) is 0 Å². The van der Waals surface area contributed by atoms with E-state index in [1.807, 2.05) is 13.8 Å². The molecule has 1 aliphatic rings. The van der Waals surface area contributed by atoms with Crippen LogP contribution in [0.1, 0.15) is 19.4 Å². The van der Waals surface area contributed by atoms with Crippen LogP contribution < -0.4 is 5.32 Å². The molecular weight excluding hydrogens is 272 g/mol. The molecule has 1 aliphatic heterocycles. The molecule has 1 N–H and O–H groups in total. The second-order valence-electron chi connectivity index (χ2n) is 5.84. The summed E-state index contributed by atoms with van der Waals surface area (Å²) in [5, 5.41) is 14.2. The zero-order valence-electron chi connectivity index (χ0n) is 12.5. The van der Waals surface area contributed by atoms with Gasteiger partial charge < -0.3 is 14.8 Å². The van der Waals surface area contributed by atoms with Crippen LogP contribution in [0.4, 0.5) is 5.69 Å².